The van der Waals surface area contributed by atoms with E-state index < -0.39 is 18.0 Å². The van der Waals surface area contributed by atoms with Crippen LogP contribution in [0.3, 0.4) is 0 Å². The predicted octanol–water partition coefficient (Wildman–Crippen LogP) is 1.45. The number of carboxylic acid groups (broad SMARTS) is 1. The molecule has 0 aliphatic carbocycles. The number of benzene rings is 1. The van der Waals surface area contributed by atoms with Crippen molar-refractivity contribution in [1.82, 2.24) is 0 Å². The first-order valence-electron chi connectivity index (χ1n) is 4.61. The van der Waals surface area contributed by atoms with E-state index in [1.165, 1.54) is 6.92 Å². The first-order valence-corrected chi connectivity index (χ1v) is 4.61. The number of rotatable bonds is 4. The van der Waals surface area contributed by atoms with Gasteiger partial charge < -0.3 is 14.9 Å². The van der Waals surface area contributed by atoms with E-state index in [0.717, 1.165) is 0 Å². The van der Waals surface area contributed by atoms with E-state index in [0.29, 0.717) is 11.3 Å². The van der Waals surface area contributed by atoms with Crippen molar-refractivity contribution >= 4 is 5.97 Å². The molecule has 0 aliphatic heterocycles. The van der Waals surface area contributed by atoms with Crippen LogP contribution in [0.4, 0.5) is 0 Å². The SMILES string of the molecule is COc1ccc([C@H](O)C(C)C(=O)O)cc1. The van der Waals surface area contributed by atoms with Crippen LogP contribution in [0.25, 0.3) is 0 Å². The van der Waals surface area contributed by atoms with Gasteiger partial charge in [-0.25, -0.2) is 0 Å². The Morgan fingerprint density at radius 1 is 1.33 bits per heavy atom. The third-order valence-electron chi connectivity index (χ3n) is 2.32. The van der Waals surface area contributed by atoms with Gasteiger partial charge in [0.25, 0.3) is 0 Å². The van der Waals surface area contributed by atoms with E-state index in [4.69, 9.17) is 9.84 Å². The summed E-state index contributed by atoms with van der Waals surface area (Å²) in [7, 11) is 1.55. The fraction of sp³-hybridized carbons (Fsp3) is 0.364. The van der Waals surface area contributed by atoms with Gasteiger partial charge in [0.05, 0.1) is 19.1 Å². The molecule has 0 fully saturated rings. The summed E-state index contributed by atoms with van der Waals surface area (Å²) in [5.74, 6) is -1.16. The van der Waals surface area contributed by atoms with E-state index in [9.17, 15) is 9.90 Å². The van der Waals surface area contributed by atoms with Crippen molar-refractivity contribution in [3.05, 3.63) is 29.8 Å². The molecule has 0 amide bonds. The average molecular weight is 210 g/mol. The monoisotopic (exact) mass is 210 g/mol. The molecule has 15 heavy (non-hydrogen) atoms. The van der Waals surface area contributed by atoms with Crippen molar-refractivity contribution in [2.24, 2.45) is 5.92 Å². The first kappa shape index (κ1) is 11.5. The van der Waals surface area contributed by atoms with Gasteiger partial charge in [-0.15, -0.1) is 0 Å². The third kappa shape index (κ3) is 2.70. The normalized spacial score (nSPS) is 14.3. The summed E-state index contributed by atoms with van der Waals surface area (Å²) in [6.07, 6.45) is -0.992. The maximum absolute atomic E-state index is 10.7. The molecule has 1 rings (SSSR count). The lowest BCUT2D eigenvalue weighted by Crippen LogP contribution is -2.18. The summed E-state index contributed by atoms with van der Waals surface area (Å²) in [4.78, 5) is 10.7. The highest BCUT2D eigenvalue weighted by Crippen LogP contribution is 2.23. The molecule has 0 aliphatic rings. The van der Waals surface area contributed by atoms with Gasteiger partial charge in [0.15, 0.2) is 0 Å². The van der Waals surface area contributed by atoms with Gasteiger partial charge in [0.2, 0.25) is 0 Å². The summed E-state index contributed by atoms with van der Waals surface area (Å²) in [5, 5.41) is 18.4. The number of carboxylic acids is 1. The zero-order valence-electron chi connectivity index (χ0n) is 8.68. The Hall–Kier alpha value is -1.55. The minimum absolute atomic E-state index is 0.575. The van der Waals surface area contributed by atoms with Crippen molar-refractivity contribution in [1.29, 1.82) is 0 Å². The Labute approximate surface area is 88.1 Å². The smallest absolute Gasteiger partial charge is 0.309 e. The molecular formula is C11H14O4. The fourth-order valence-corrected chi connectivity index (χ4v) is 1.22. The van der Waals surface area contributed by atoms with Crippen molar-refractivity contribution in [3.8, 4) is 5.75 Å². The topological polar surface area (TPSA) is 66.8 Å². The van der Waals surface area contributed by atoms with Crippen LogP contribution < -0.4 is 4.74 Å². The minimum Gasteiger partial charge on any atom is -0.497 e. The Kier molecular flexibility index (Phi) is 3.68. The molecule has 2 atom stereocenters. The summed E-state index contributed by atoms with van der Waals surface area (Å²) < 4.78 is 4.96. The Morgan fingerprint density at radius 3 is 2.27 bits per heavy atom. The zero-order valence-corrected chi connectivity index (χ0v) is 8.68. The van der Waals surface area contributed by atoms with E-state index >= 15 is 0 Å². The van der Waals surface area contributed by atoms with Gasteiger partial charge in [-0.2, -0.15) is 0 Å². The van der Waals surface area contributed by atoms with Crippen LogP contribution in [-0.2, 0) is 4.79 Å². The molecule has 4 heteroatoms. The highest BCUT2D eigenvalue weighted by atomic mass is 16.5. The Balaban J connectivity index is 2.82. The van der Waals surface area contributed by atoms with E-state index in [1.807, 2.05) is 0 Å². The largest absolute Gasteiger partial charge is 0.497 e. The molecule has 2 N–H and O–H groups in total. The lowest BCUT2D eigenvalue weighted by Gasteiger charge is -2.15. The van der Waals surface area contributed by atoms with E-state index in [2.05, 4.69) is 0 Å². The Bertz CT molecular complexity index is 331. The van der Waals surface area contributed by atoms with Crippen LogP contribution >= 0.6 is 0 Å². The van der Waals surface area contributed by atoms with Crippen LogP contribution in [0.1, 0.15) is 18.6 Å². The van der Waals surface area contributed by atoms with Crippen molar-refractivity contribution in [2.75, 3.05) is 7.11 Å². The average Bonchev–Trinajstić information content (AvgIpc) is 2.27. The zero-order chi connectivity index (χ0) is 11.4. The second-order valence-electron chi connectivity index (χ2n) is 3.34. The second kappa shape index (κ2) is 4.79. The number of methoxy groups -OCH3 is 1. The molecule has 1 unspecified atom stereocenters. The van der Waals surface area contributed by atoms with Gasteiger partial charge >= 0.3 is 5.97 Å². The highest BCUT2D eigenvalue weighted by Gasteiger charge is 2.22. The molecule has 1 aromatic rings. The van der Waals surface area contributed by atoms with Gasteiger partial charge in [0.1, 0.15) is 5.75 Å². The standard InChI is InChI=1S/C11H14O4/c1-7(11(13)14)10(12)8-3-5-9(15-2)6-4-8/h3-7,10,12H,1-2H3,(H,13,14)/t7?,10-/m1/s1. The summed E-state index contributed by atoms with van der Waals surface area (Å²) in [6, 6.07) is 6.69. The van der Waals surface area contributed by atoms with Gasteiger partial charge in [-0.3, -0.25) is 4.79 Å². The van der Waals surface area contributed by atoms with Crippen LogP contribution in [0.2, 0.25) is 0 Å². The molecule has 0 bridgehead atoms. The second-order valence-corrected chi connectivity index (χ2v) is 3.34. The highest BCUT2D eigenvalue weighted by molar-refractivity contribution is 5.70. The molecule has 4 nitrogen and oxygen atoms in total. The molecule has 0 heterocycles. The number of aliphatic carboxylic acids is 1. The number of hydrogen-bond acceptors (Lipinski definition) is 3. The van der Waals surface area contributed by atoms with E-state index in [-0.39, 0.29) is 0 Å². The maximum atomic E-state index is 10.7. The van der Waals surface area contributed by atoms with Crippen LogP contribution in [0.15, 0.2) is 24.3 Å². The van der Waals surface area contributed by atoms with Crippen molar-refractivity contribution < 1.29 is 19.7 Å². The molecule has 0 aromatic heterocycles. The molecule has 1 aromatic carbocycles. The van der Waals surface area contributed by atoms with Gasteiger partial charge in [-0.1, -0.05) is 12.1 Å². The van der Waals surface area contributed by atoms with Crippen molar-refractivity contribution in [3.63, 3.8) is 0 Å². The predicted molar refractivity (Wildman–Crippen MR) is 54.8 cm³/mol. The number of carbonyl (C=O) groups is 1. The van der Waals surface area contributed by atoms with Crippen LogP contribution in [0.5, 0.6) is 5.75 Å². The summed E-state index contributed by atoms with van der Waals surface area (Å²) in [6.45, 7) is 1.47. The first-order chi connectivity index (χ1) is 7.06. The van der Waals surface area contributed by atoms with Crippen LogP contribution in [-0.4, -0.2) is 23.3 Å². The molecular weight excluding hydrogens is 196 g/mol. The minimum atomic E-state index is -1.02. The number of aliphatic hydroxyl groups is 1. The number of ether oxygens (including phenoxy) is 1. The molecule has 0 spiro atoms. The molecule has 82 valence electrons. The fourth-order valence-electron chi connectivity index (χ4n) is 1.22. The lowest BCUT2D eigenvalue weighted by atomic mass is 9.98. The van der Waals surface area contributed by atoms with E-state index in [1.54, 1.807) is 31.4 Å². The molecule has 0 saturated heterocycles. The maximum Gasteiger partial charge on any atom is 0.309 e. The lowest BCUT2D eigenvalue weighted by molar-refractivity contribution is -0.145. The molecule has 0 saturated carbocycles. The van der Waals surface area contributed by atoms with Gasteiger partial charge in [0, 0.05) is 0 Å². The van der Waals surface area contributed by atoms with Crippen molar-refractivity contribution in [2.45, 2.75) is 13.0 Å². The number of aliphatic hydroxyl groups excluding tert-OH is 1. The quantitative estimate of drug-likeness (QED) is 0.789. The van der Waals surface area contributed by atoms with Crippen LogP contribution in [0, 0.1) is 5.92 Å². The van der Waals surface area contributed by atoms with Gasteiger partial charge in [-0.05, 0) is 24.6 Å². The Morgan fingerprint density at radius 2 is 1.87 bits per heavy atom. The summed E-state index contributed by atoms with van der Waals surface area (Å²) >= 11 is 0. The number of hydrogen-bond donors (Lipinski definition) is 2. The molecule has 0 radical (unpaired) electrons. The summed E-state index contributed by atoms with van der Waals surface area (Å²) in [5.41, 5.74) is 0.575. The third-order valence-corrected chi connectivity index (χ3v) is 2.32.